The zero-order valence-corrected chi connectivity index (χ0v) is 34.3. The van der Waals surface area contributed by atoms with Crippen LogP contribution >= 0.6 is 0 Å². The maximum atomic E-state index is 12.6. The largest absolute Gasteiger partial charge is 0.493 e. The van der Waals surface area contributed by atoms with Crippen LogP contribution in [0.4, 0.5) is 0 Å². The molecule has 0 fully saturated rings. The molecule has 0 atom stereocenters. The molecule has 0 saturated heterocycles. The Morgan fingerprint density at radius 1 is 0.607 bits per heavy atom. The maximum absolute atomic E-state index is 12.6. The van der Waals surface area contributed by atoms with Crippen molar-refractivity contribution in [2.24, 2.45) is 0 Å². The minimum absolute atomic E-state index is 0.0478. The van der Waals surface area contributed by atoms with E-state index < -0.39 is 0 Å². The van der Waals surface area contributed by atoms with Crippen molar-refractivity contribution in [3.05, 3.63) is 154 Å². The van der Waals surface area contributed by atoms with Gasteiger partial charge < -0.3 is 19.3 Å². The summed E-state index contributed by atoms with van der Waals surface area (Å²) in [5.74, 6) is 1.08. The van der Waals surface area contributed by atoms with Crippen LogP contribution in [-0.2, 0) is 11.8 Å². The highest BCUT2D eigenvalue weighted by Crippen LogP contribution is 2.31. The first-order valence-electron chi connectivity index (χ1n) is 18.9. The van der Waals surface area contributed by atoms with E-state index in [1.165, 1.54) is 21.4 Å². The number of ether oxygens (including phenoxy) is 2. The third-order valence-corrected chi connectivity index (χ3v) is 9.20. The molecule has 4 rings (SSSR count). The number of rotatable bonds is 16. The van der Waals surface area contributed by atoms with E-state index in [4.69, 9.17) is 9.47 Å². The molecule has 0 aliphatic rings. The number of benzene rings is 4. The zero-order valence-electron chi connectivity index (χ0n) is 34.3. The normalized spacial score (nSPS) is 11.1. The van der Waals surface area contributed by atoms with E-state index in [1.807, 2.05) is 44.2 Å². The van der Waals surface area contributed by atoms with Crippen LogP contribution in [0, 0.1) is 0 Å². The number of hydrogen-bond donors (Lipinski definition) is 0. The van der Waals surface area contributed by atoms with Gasteiger partial charge in [0.25, 0.3) is 11.8 Å². The molecule has 0 N–H and O–H groups in total. The number of hydrogen-bond acceptors (Lipinski definition) is 6. The first kappa shape index (κ1) is 44.4. The lowest BCUT2D eigenvalue weighted by Crippen LogP contribution is -2.21. The number of amides is 2. The van der Waals surface area contributed by atoms with E-state index in [0.29, 0.717) is 35.5 Å². The molecule has 0 unspecified atom stereocenters. The van der Waals surface area contributed by atoms with Crippen LogP contribution in [0.3, 0.4) is 0 Å². The summed E-state index contributed by atoms with van der Waals surface area (Å²) >= 11 is 0. The maximum Gasteiger partial charge on any atom is 0.253 e. The van der Waals surface area contributed by atoms with Crippen LogP contribution in [0.5, 0.6) is 11.5 Å². The second kappa shape index (κ2) is 21.2. The molecule has 4 aromatic rings. The van der Waals surface area contributed by atoms with Gasteiger partial charge in [-0.25, -0.2) is 0 Å². The summed E-state index contributed by atoms with van der Waals surface area (Å²) in [4.78, 5) is 52.0. The van der Waals surface area contributed by atoms with Crippen molar-refractivity contribution >= 4 is 35.5 Å². The SMILES string of the molecule is C=CCc1ccc(OCC)c(C=CC(=O)c2ccc(C(=O)N(C)C)cc2)c1.CCOc1ccc(C(C)(C)CC)cc1C=CC(=O)c1ccc(C(=O)N(C)C)cc1. The fourth-order valence-corrected chi connectivity index (χ4v) is 5.49. The molecule has 0 heterocycles. The summed E-state index contributed by atoms with van der Waals surface area (Å²) in [5, 5.41) is 0. The Labute approximate surface area is 333 Å². The fraction of sp³-hybridized carbons (Fsp3) is 0.292. The van der Waals surface area contributed by atoms with Gasteiger partial charge in [0.2, 0.25) is 0 Å². The fourth-order valence-electron chi connectivity index (χ4n) is 5.49. The molecule has 8 nitrogen and oxygen atoms in total. The predicted octanol–water partition coefficient (Wildman–Crippen LogP) is 9.78. The van der Waals surface area contributed by atoms with Crippen molar-refractivity contribution < 1.29 is 28.7 Å². The molecule has 0 radical (unpaired) electrons. The Hall–Kier alpha value is -6.02. The second-order valence-electron chi connectivity index (χ2n) is 14.2. The lowest BCUT2D eigenvalue weighted by Gasteiger charge is -2.24. The van der Waals surface area contributed by atoms with Crippen LogP contribution in [0.1, 0.15) is 105 Å². The first-order valence-corrected chi connectivity index (χ1v) is 18.9. The van der Waals surface area contributed by atoms with Crippen molar-refractivity contribution in [3.8, 4) is 11.5 Å². The Morgan fingerprint density at radius 2 is 1.02 bits per heavy atom. The van der Waals surface area contributed by atoms with Gasteiger partial charge in [-0.3, -0.25) is 19.2 Å². The average Bonchev–Trinajstić information content (AvgIpc) is 3.20. The van der Waals surface area contributed by atoms with Gasteiger partial charge in [-0.05, 0) is 116 Å². The van der Waals surface area contributed by atoms with Gasteiger partial charge in [-0.15, -0.1) is 6.58 Å². The van der Waals surface area contributed by atoms with Gasteiger partial charge in [-0.2, -0.15) is 0 Å². The second-order valence-corrected chi connectivity index (χ2v) is 14.2. The highest BCUT2D eigenvalue weighted by atomic mass is 16.5. The van der Waals surface area contributed by atoms with Crippen molar-refractivity contribution in [3.63, 3.8) is 0 Å². The third-order valence-electron chi connectivity index (χ3n) is 9.20. The van der Waals surface area contributed by atoms with Gasteiger partial charge >= 0.3 is 0 Å². The van der Waals surface area contributed by atoms with E-state index in [9.17, 15) is 19.2 Å². The Morgan fingerprint density at radius 3 is 1.41 bits per heavy atom. The van der Waals surface area contributed by atoms with Crippen molar-refractivity contribution in [2.75, 3.05) is 41.4 Å². The first-order chi connectivity index (χ1) is 26.6. The van der Waals surface area contributed by atoms with Crippen LogP contribution in [-0.4, -0.2) is 74.6 Å². The summed E-state index contributed by atoms with van der Waals surface area (Å²) in [6, 6.07) is 25.5. The molecule has 4 aromatic carbocycles. The molecule has 56 heavy (non-hydrogen) atoms. The molecule has 0 aromatic heterocycles. The van der Waals surface area contributed by atoms with E-state index in [1.54, 1.807) is 94.9 Å². The van der Waals surface area contributed by atoms with Crippen LogP contribution in [0.25, 0.3) is 12.2 Å². The van der Waals surface area contributed by atoms with Gasteiger partial charge in [0.1, 0.15) is 11.5 Å². The topological polar surface area (TPSA) is 93.2 Å². The van der Waals surface area contributed by atoms with Gasteiger partial charge in [0.15, 0.2) is 11.6 Å². The minimum Gasteiger partial charge on any atom is -0.493 e. The summed E-state index contributed by atoms with van der Waals surface area (Å²) in [5.41, 5.74) is 6.28. The average molecular weight is 757 g/mol. The highest BCUT2D eigenvalue weighted by molar-refractivity contribution is 6.08. The van der Waals surface area contributed by atoms with Crippen molar-refractivity contribution in [1.82, 2.24) is 9.80 Å². The molecule has 0 spiro atoms. The molecule has 2 amide bonds. The molecule has 0 saturated carbocycles. The highest BCUT2D eigenvalue weighted by Gasteiger charge is 2.19. The lowest BCUT2D eigenvalue weighted by atomic mass is 9.81. The van der Waals surface area contributed by atoms with Crippen molar-refractivity contribution in [1.29, 1.82) is 0 Å². The van der Waals surface area contributed by atoms with E-state index >= 15 is 0 Å². The van der Waals surface area contributed by atoms with Crippen LogP contribution in [0.15, 0.2) is 110 Å². The summed E-state index contributed by atoms with van der Waals surface area (Å²) in [6.45, 7) is 15.3. The Bertz CT molecular complexity index is 2040. The van der Waals surface area contributed by atoms with E-state index in [2.05, 4.69) is 39.5 Å². The number of allylic oxidation sites excluding steroid dienone is 3. The number of ketones is 2. The number of nitrogens with zero attached hydrogens (tertiary/aromatic N) is 2. The van der Waals surface area contributed by atoms with Crippen LogP contribution < -0.4 is 9.47 Å². The third kappa shape index (κ3) is 12.5. The van der Waals surface area contributed by atoms with Gasteiger partial charge in [-0.1, -0.05) is 63.2 Å². The summed E-state index contributed by atoms with van der Waals surface area (Å²) in [6.07, 6.45) is 10.3. The standard InChI is InChI=1S/C25H31NO3.C23H25NO3/c1-7-25(3,4)21-14-16-23(29-8-2)20(17-21)13-15-22(27)18-9-11-19(12-10-18)24(28)26(5)6;1-5-7-17-8-15-22(27-6-2)20(16-17)13-14-21(25)18-9-11-19(12-10-18)23(26)24(3)4/h9-17H,7-8H2,1-6H3;5,8-16H,1,6-7H2,2-4H3. The van der Waals surface area contributed by atoms with Gasteiger partial charge in [0.05, 0.1) is 13.2 Å². The minimum atomic E-state index is -0.129. The monoisotopic (exact) mass is 756 g/mol. The summed E-state index contributed by atoms with van der Waals surface area (Å²) < 4.78 is 11.4. The summed E-state index contributed by atoms with van der Waals surface area (Å²) in [7, 11) is 6.79. The molecule has 0 bridgehead atoms. The Kier molecular flexibility index (Phi) is 16.8. The lowest BCUT2D eigenvalue weighted by molar-refractivity contribution is 0.0820. The van der Waals surface area contributed by atoms with Gasteiger partial charge in [0, 0.05) is 61.6 Å². The zero-order chi connectivity index (χ0) is 41.4. The van der Waals surface area contributed by atoms with Crippen molar-refractivity contribution in [2.45, 2.75) is 52.9 Å². The smallest absolute Gasteiger partial charge is 0.253 e. The predicted molar refractivity (Wildman–Crippen MR) is 228 cm³/mol. The van der Waals surface area contributed by atoms with Crippen LogP contribution in [0.2, 0.25) is 0 Å². The number of carbonyl (C=O) groups is 4. The molecular weight excluding hydrogens is 701 g/mol. The number of carbonyl (C=O) groups excluding carboxylic acids is 4. The Balaban J connectivity index is 0.000000301. The molecule has 0 aliphatic heterocycles. The molecule has 0 aliphatic carbocycles. The molecule has 294 valence electrons. The van der Waals surface area contributed by atoms with E-state index in [0.717, 1.165) is 41.0 Å². The van der Waals surface area contributed by atoms with E-state index in [-0.39, 0.29) is 28.8 Å². The molecule has 8 heteroatoms. The quantitative estimate of drug-likeness (QED) is 0.0642. The molecular formula is C48H56N2O6.